The Kier molecular flexibility index (Phi) is 4.60. The molecule has 132 valence electrons. The Bertz CT molecular complexity index is 890. The molecule has 1 N–H and O–H groups in total. The molecule has 1 heterocycles. The summed E-state index contributed by atoms with van der Waals surface area (Å²) in [5.41, 5.74) is 1.38. The van der Waals surface area contributed by atoms with E-state index >= 15 is 0 Å². The summed E-state index contributed by atoms with van der Waals surface area (Å²) in [7, 11) is 0. The van der Waals surface area contributed by atoms with Crippen LogP contribution in [0, 0.1) is 5.82 Å². The van der Waals surface area contributed by atoms with E-state index in [1.54, 1.807) is 6.07 Å². The van der Waals surface area contributed by atoms with Gasteiger partial charge in [0.15, 0.2) is 5.82 Å². The van der Waals surface area contributed by atoms with E-state index in [9.17, 15) is 17.6 Å². The molecule has 0 fully saturated rings. The highest BCUT2D eigenvalue weighted by Gasteiger charge is 2.31. The van der Waals surface area contributed by atoms with Gasteiger partial charge in [-0.05, 0) is 36.2 Å². The van der Waals surface area contributed by atoms with Gasteiger partial charge in [0.05, 0.1) is 5.52 Å². The van der Waals surface area contributed by atoms with E-state index in [-0.39, 0.29) is 22.2 Å². The zero-order valence-electron chi connectivity index (χ0n) is 13.0. The predicted molar refractivity (Wildman–Crippen MR) is 86.3 cm³/mol. The summed E-state index contributed by atoms with van der Waals surface area (Å²) < 4.78 is 54.5. The van der Waals surface area contributed by atoms with Crippen LogP contribution in [0.3, 0.4) is 0 Å². The Labute approximate surface area is 145 Å². The SMILES string of the molecule is CCC(c1ccc(OC(F)(F)F)cc1)c1nc2c(F)cc(Cl)cc2[nH]1. The number of hydrogen-bond donors (Lipinski definition) is 1. The van der Waals surface area contributed by atoms with E-state index in [0.717, 1.165) is 5.56 Å². The van der Waals surface area contributed by atoms with Crippen LogP contribution in [0.5, 0.6) is 5.75 Å². The van der Waals surface area contributed by atoms with Crippen molar-refractivity contribution in [3.8, 4) is 5.75 Å². The van der Waals surface area contributed by atoms with Gasteiger partial charge in [-0.15, -0.1) is 13.2 Å². The minimum Gasteiger partial charge on any atom is -0.406 e. The maximum Gasteiger partial charge on any atom is 0.573 e. The number of fused-ring (bicyclic) bond motifs is 1. The van der Waals surface area contributed by atoms with E-state index in [4.69, 9.17) is 11.6 Å². The molecule has 1 unspecified atom stereocenters. The molecule has 1 atom stereocenters. The zero-order chi connectivity index (χ0) is 18.2. The van der Waals surface area contributed by atoms with E-state index in [1.807, 2.05) is 6.92 Å². The molecule has 0 spiro atoms. The number of H-pyrrole nitrogens is 1. The first kappa shape index (κ1) is 17.5. The van der Waals surface area contributed by atoms with Crippen LogP contribution in [0.1, 0.15) is 30.7 Å². The average molecular weight is 373 g/mol. The molecule has 0 amide bonds. The fourth-order valence-electron chi connectivity index (χ4n) is 2.72. The van der Waals surface area contributed by atoms with Crippen molar-refractivity contribution in [3.63, 3.8) is 0 Å². The first-order valence-corrected chi connectivity index (χ1v) is 7.85. The average Bonchev–Trinajstić information content (AvgIpc) is 2.92. The number of aromatic nitrogens is 2. The number of hydrogen-bond acceptors (Lipinski definition) is 2. The van der Waals surface area contributed by atoms with Crippen molar-refractivity contribution in [2.45, 2.75) is 25.6 Å². The van der Waals surface area contributed by atoms with Crippen LogP contribution in [0.25, 0.3) is 11.0 Å². The molecule has 0 saturated heterocycles. The van der Waals surface area contributed by atoms with Crippen molar-refractivity contribution < 1.29 is 22.3 Å². The zero-order valence-corrected chi connectivity index (χ0v) is 13.7. The number of aromatic amines is 1. The van der Waals surface area contributed by atoms with Gasteiger partial charge in [0, 0.05) is 10.9 Å². The molecule has 0 saturated carbocycles. The van der Waals surface area contributed by atoms with Gasteiger partial charge in [0.2, 0.25) is 0 Å². The lowest BCUT2D eigenvalue weighted by Gasteiger charge is -2.14. The van der Waals surface area contributed by atoms with Gasteiger partial charge >= 0.3 is 6.36 Å². The second kappa shape index (κ2) is 6.55. The number of imidazole rings is 1. The molecule has 3 aromatic rings. The Hall–Kier alpha value is -2.28. The lowest BCUT2D eigenvalue weighted by atomic mass is 9.96. The Morgan fingerprint density at radius 2 is 1.88 bits per heavy atom. The Balaban J connectivity index is 1.93. The second-order valence-electron chi connectivity index (χ2n) is 5.48. The smallest absolute Gasteiger partial charge is 0.406 e. The van der Waals surface area contributed by atoms with Gasteiger partial charge in [-0.1, -0.05) is 30.7 Å². The highest BCUT2D eigenvalue weighted by molar-refractivity contribution is 6.31. The van der Waals surface area contributed by atoms with Crippen molar-refractivity contribution in [2.24, 2.45) is 0 Å². The van der Waals surface area contributed by atoms with Crippen molar-refractivity contribution >= 4 is 22.6 Å². The van der Waals surface area contributed by atoms with Gasteiger partial charge in [-0.3, -0.25) is 0 Å². The van der Waals surface area contributed by atoms with Crippen molar-refractivity contribution in [2.75, 3.05) is 0 Å². The summed E-state index contributed by atoms with van der Waals surface area (Å²) in [6.07, 6.45) is -4.12. The number of nitrogens with zero attached hydrogens (tertiary/aromatic N) is 1. The van der Waals surface area contributed by atoms with Gasteiger partial charge in [0.25, 0.3) is 0 Å². The van der Waals surface area contributed by atoms with Crippen LogP contribution < -0.4 is 4.74 Å². The van der Waals surface area contributed by atoms with Crippen molar-refractivity contribution in [1.82, 2.24) is 9.97 Å². The summed E-state index contributed by atoms with van der Waals surface area (Å²) in [6, 6.07) is 8.30. The molecule has 0 radical (unpaired) electrons. The monoisotopic (exact) mass is 372 g/mol. The molecule has 3 nitrogen and oxygen atoms in total. The molecule has 0 aliphatic rings. The van der Waals surface area contributed by atoms with Gasteiger partial charge < -0.3 is 9.72 Å². The number of benzene rings is 2. The normalized spacial score (nSPS) is 13.2. The Morgan fingerprint density at radius 1 is 1.20 bits per heavy atom. The highest BCUT2D eigenvalue weighted by Crippen LogP contribution is 2.31. The first-order chi connectivity index (χ1) is 11.8. The van der Waals surface area contributed by atoms with Crippen molar-refractivity contribution in [1.29, 1.82) is 0 Å². The summed E-state index contributed by atoms with van der Waals surface area (Å²) in [4.78, 5) is 7.32. The minimum atomic E-state index is -4.73. The summed E-state index contributed by atoms with van der Waals surface area (Å²) >= 11 is 5.84. The quantitative estimate of drug-likeness (QED) is 0.588. The molecule has 0 aliphatic heterocycles. The number of ether oxygens (including phenoxy) is 1. The van der Waals surface area contributed by atoms with Gasteiger partial charge in [0.1, 0.15) is 17.1 Å². The first-order valence-electron chi connectivity index (χ1n) is 7.47. The topological polar surface area (TPSA) is 37.9 Å². The Morgan fingerprint density at radius 3 is 2.48 bits per heavy atom. The number of rotatable bonds is 4. The summed E-state index contributed by atoms with van der Waals surface area (Å²) in [5, 5.41) is 0.252. The molecule has 3 rings (SSSR count). The van der Waals surface area contributed by atoms with E-state index < -0.39 is 12.2 Å². The molecule has 25 heavy (non-hydrogen) atoms. The summed E-state index contributed by atoms with van der Waals surface area (Å²) in [5.74, 6) is -0.545. The lowest BCUT2D eigenvalue weighted by Crippen LogP contribution is -2.17. The maximum absolute atomic E-state index is 14.0. The summed E-state index contributed by atoms with van der Waals surface area (Å²) in [6.45, 7) is 1.90. The van der Waals surface area contributed by atoms with Gasteiger partial charge in [-0.25, -0.2) is 9.37 Å². The second-order valence-corrected chi connectivity index (χ2v) is 5.92. The third-order valence-corrected chi connectivity index (χ3v) is 4.00. The van der Waals surface area contributed by atoms with E-state index in [0.29, 0.717) is 17.8 Å². The molecule has 2 aromatic carbocycles. The number of alkyl halides is 3. The van der Waals surface area contributed by atoms with Crippen LogP contribution in [0.2, 0.25) is 5.02 Å². The molecular formula is C17H13ClF4N2O. The largest absolute Gasteiger partial charge is 0.573 e. The molecular weight excluding hydrogens is 360 g/mol. The molecule has 0 bridgehead atoms. The van der Waals surface area contributed by atoms with Crippen LogP contribution in [-0.4, -0.2) is 16.3 Å². The highest BCUT2D eigenvalue weighted by atomic mass is 35.5. The fourth-order valence-corrected chi connectivity index (χ4v) is 2.92. The van der Waals surface area contributed by atoms with Crippen molar-refractivity contribution in [3.05, 3.63) is 58.6 Å². The predicted octanol–water partition coefficient (Wildman–Crippen LogP) is 5.80. The third-order valence-electron chi connectivity index (χ3n) is 3.78. The van der Waals surface area contributed by atoms with E-state index in [1.165, 1.54) is 30.3 Å². The van der Waals surface area contributed by atoms with Crippen LogP contribution in [-0.2, 0) is 0 Å². The molecule has 8 heteroatoms. The van der Waals surface area contributed by atoms with Crippen LogP contribution in [0.15, 0.2) is 36.4 Å². The standard InChI is InChI=1S/C17H13ClF4N2O/c1-2-12(9-3-5-11(6-4-9)25-17(20,21)22)16-23-14-8-10(18)7-13(19)15(14)24-16/h3-8,12H,2H2,1H3,(H,23,24). The maximum atomic E-state index is 14.0. The van der Waals surface area contributed by atoms with Crippen LogP contribution >= 0.6 is 11.6 Å². The number of nitrogens with one attached hydrogen (secondary N) is 1. The number of halogens is 5. The molecule has 1 aromatic heterocycles. The van der Waals surface area contributed by atoms with Crippen LogP contribution in [0.4, 0.5) is 17.6 Å². The van der Waals surface area contributed by atoms with E-state index in [2.05, 4.69) is 14.7 Å². The molecule has 0 aliphatic carbocycles. The van der Waals surface area contributed by atoms with Gasteiger partial charge in [-0.2, -0.15) is 0 Å². The third kappa shape index (κ3) is 3.87. The minimum absolute atomic E-state index is 0.176. The lowest BCUT2D eigenvalue weighted by molar-refractivity contribution is -0.274. The fraction of sp³-hybridized carbons (Fsp3) is 0.235.